The van der Waals surface area contributed by atoms with E-state index >= 15 is 0 Å². The van der Waals surface area contributed by atoms with E-state index in [4.69, 9.17) is 0 Å². The van der Waals surface area contributed by atoms with Crippen LogP contribution in [-0.2, 0) is 6.54 Å². The molecule has 1 unspecified atom stereocenters. The molecule has 1 heterocycles. The summed E-state index contributed by atoms with van der Waals surface area (Å²) in [6, 6.07) is 20.3. The molecule has 1 aliphatic rings. The summed E-state index contributed by atoms with van der Waals surface area (Å²) in [4.78, 5) is 0. The highest BCUT2D eigenvalue weighted by atomic mass is 79.9. The minimum atomic E-state index is 0. The molecule has 0 saturated carbocycles. The Labute approximate surface area is 119 Å². The second-order valence-electron chi connectivity index (χ2n) is 4.89. The maximum Gasteiger partial charge on any atom is 0.102 e. The van der Waals surface area contributed by atoms with E-state index in [1.807, 2.05) is 0 Å². The van der Waals surface area contributed by atoms with Gasteiger partial charge in [-0.2, -0.15) is 0 Å². The van der Waals surface area contributed by atoms with Gasteiger partial charge in [0.05, 0.1) is 12.0 Å². The Morgan fingerprint density at radius 1 is 0.944 bits per heavy atom. The van der Waals surface area contributed by atoms with Crippen molar-refractivity contribution in [2.24, 2.45) is 0 Å². The van der Waals surface area contributed by atoms with Gasteiger partial charge in [0.2, 0.25) is 0 Å². The SMILES string of the molecule is C[C@@H]1[NH2+]Cc2ccccc2C1c1ccccc1.[Br-]. The molecule has 2 N–H and O–H groups in total. The normalized spacial score (nSPS) is 21.8. The predicted octanol–water partition coefficient (Wildman–Crippen LogP) is -0.712. The first-order chi connectivity index (χ1) is 8.36. The van der Waals surface area contributed by atoms with Crippen LogP contribution in [0.3, 0.4) is 0 Å². The highest BCUT2D eigenvalue weighted by Gasteiger charge is 2.29. The van der Waals surface area contributed by atoms with Crippen molar-refractivity contribution in [3.8, 4) is 0 Å². The lowest BCUT2D eigenvalue weighted by atomic mass is 9.81. The van der Waals surface area contributed by atoms with Crippen molar-refractivity contribution in [3.05, 3.63) is 71.3 Å². The topological polar surface area (TPSA) is 16.6 Å². The van der Waals surface area contributed by atoms with Crippen molar-refractivity contribution in [1.82, 2.24) is 0 Å². The van der Waals surface area contributed by atoms with Crippen LogP contribution in [0.25, 0.3) is 0 Å². The van der Waals surface area contributed by atoms with E-state index in [9.17, 15) is 0 Å². The highest BCUT2D eigenvalue weighted by Crippen LogP contribution is 2.30. The van der Waals surface area contributed by atoms with Crippen LogP contribution in [0, 0.1) is 0 Å². The van der Waals surface area contributed by atoms with Gasteiger partial charge in [0.15, 0.2) is 0 Å². The van der Waals surface area contributed by atoms with Crippen molar-refractivity contribution in [1.29, 1.82) is 0 Å². The number of nitrogens with two attached hydrogens (primary N) is 1. The fourth-order valence-corrected chi connectivity index (χ4v) is 2.90. The zero-order valence-electron chi connectivity index (χ0n) is 10.5. The molecule has 3 rings (SSSR count). The smallest absolute Gasteiger partial charge is 0.102 e. The first kappa shape index (κ1) is 13.3. The van der Waals surface area contributed by atoms with Crippen molar-refractivity contribution < 1.29 is 22.3 Å². The lowest BCUT2D eigenvalue weighted by molar-refractivity contribution is -0.706. The van der Waals surface area contributed by atoms with Crippen molar-refractivity contribution in [2.75, 3.05) is 0 Å². The summed E-state index contributed by atoms with van der Waals surface area (Å²) in [5, 5.41) is 2.44. The van der Waals surface area contributed by atoms with Gasteiger partial charge in [-0.25, -0.2) is 0 Å². The number of quaternary nitrogens is 1. The summed E-state index contributed by atoms with van der Waals surface area (Å²) in [5.74, 6) is 0.529. The lowest BCUT2D eigenvalue weighted by Crippen LogP contribution is -3.00. The van der Waals surface area contributed by atoms with Gasteiger partial charge >= 0.3 is 0 Å². The molecule has 1 nitrogen and oxygen atoms in total. The first-order valence-corrected chi connectivity index (χ1v) is 6.32. The Hall–Kier alpha value is -1.12. The van der Waals surface area contributed by atoms with Gasteiger partial charge in [0.25, 0.3) is 0 Å². The second kappa shape index (κ2) is 5.68. The first-order valence-electron chi connectivity index (χ1n) is 6.32. The van der Waals surface area contributed by atoms with Crippen LogP contribution in [0.5, 0.6) is 0 Å². The van der Waals surface area contributed by atoms with Crippen molar-refractivity contribution >= 4 is 0 Å². The average Bonchev–Trinajstić information content (AvgIpc) is 2.39. The summed E-state index contributed by atoms with van der Waals surface area (Å²) in [5.41, 5.74) is 4.43. The molecule has 0 amide bonds. The lowest BCUT2D eigenvalue weighted by Gasteiger charge is -2.30. The van der Waals surface area contributed by atoms with Crippen LogP contribution in [0.2, 0.25) is 0 Å². The van der Waals surface area contributed by atoms with Crippen molar-refractivity contribution in [2.45, 2.75) is 25.4 Å². The monoisotopic (exact) mass is 303 g/mol. The van der Waals surface area contributed by atoms with Gasteiger partial charge in [0, 0.05) is 5.56 Å². The Kier molecular flexibility index (Phi) is 4.20. The molecule has 2 heteroatoms. The minimum Gasteiger partial charge on any atom is -1.00 e. The summed E-state index contributed by atoms with van der Waals surface area (Å²) in [6.07, 6.45) is 0. The Bertz CT molecular complexity index is 510. The Balaban J connectivity index is 0.00000120. The maximum absolute atomic E-state index is 2.44. The maximum atomic E-state index is 2.44. The number of benzene rings is 2. The summed E-state index contributed by atoms with van der Waals surface area (Å²) in [7, 11) is 0. The fraction of sp³-hybridized carbons (Fsp3) is 0.250. The molecule has 0 radical (unpaired) electrons. The van der Waals surface area contributed by atoms with Crippen LogP contribution >= 0.6 is 0 Å². The van der Waals surface area contributed by atoms with Gasteiger partial charge in [-0.1, -0.05) is 54.6 Å². The molecule has 0 aromatic heterocycles. The highest BCUT2D eigenvalue weighted by molar-refractivity contribution is 5.39. The van der Waals surface area contributed by atoms with E-state index in [1.165, 1.54) is 16.7 Å². The molecule has 2 aromatic carbocycles. The molecular weight excluding hydrogens is 286 g/mol. The van der Waals surface area contributed by atoms with Crippen LogP contribution in [0.15, 0.2) is 54.6 Å². The summed E-state index contributed by atoms with van der Waals surface area (Å²) >= 11 is 0. The van der Waals surface area contributed by atoms with Crippen LogP contribution < -0.4 is 22.3 Å². The number of rotatable bonds is 1. The average molecular weight is 304 g/mol. The van der Waals surface area contributed by atoms with Gasteiger partial charge < -0.3 is 22.3 Å². The molecule has 2 aromatic rings. The number of halogens is 1. The van der Waals surface area contributed by atoms with E-state index in [0.29, 0.717) is 12.0 Å². The molecule has 0 bridgehead atoms. The molecule has 0 aliphatic carbocycles. The largest absolute Gasteiger partial charge is 1.00 e. The minimum absolute atomic E-state index is 0. The van der Waals surface area contributed by atoms with Crippen molar-refractivity contribution in [3.63, 3.8) is 0 Å². The molecule has 2 atom stereocenters. The van der Waals surface area contributed by atoms with E-state index in [1.54, 1.807) is 0 Å². The predicted molar refractivity (Wildman–Crippen MR) is 69.8 cm³/mol. The summed E-state index contributed by atoms with van der Waals surface area (Å²) in [6.45, 7) is 3.44. The number of fused-ring (bicyclic) bond motifs is 1. The van der Waals surface area contributed by atoms with E-state index < -0.39 is 0 Å². The van der Waals surface area contributed by atoms with E-state index in [2.05, 4.69) is 66.8 Å². The third kappa shape index (κ3) is 2.36. The van der Waals surface area contributed by atoms with Crippen LogP contribution in [-0.4, -0.2) is 6.04 Å². The molecule has 1 aliphatic heterocycles. The molecular formula is C16H18BrN. The zero-order valence-corrected chi connectivity index (χ0v) is 12.1. The Morgan fingerprint density at radius 2 is 1.61 bits per heavy atom. The molecule has 0 saturated heterocycles. The van der Waals surface area contributed by atoms with E-state index in [0.717, 1.165) is 6.54 Å². The van der Waals surface area contributed by atoms with Gasteiger partial charge in [-0.3, -0.25) is 0 Å². The van der Waals surface area contributed by atoms with Gasteiger partial charge in [-0.05, 0) is 18.1 Å². The van der Waals surface area contributed by atoms with Crippen LogP contribution in [0.4, 0.5) is 0 Å². The van der Waals surface area contributed by atoms with Gasteiger partial charge in [0.1, 0.15) is 6.54 Å². The molecule has 94 valence electrons. The standard InChI is InChI=1S/C16H17N.BrH/c1-12-16(13-7-3-2-4-8-13)15-10-6-5-9-14(15)11-17-12;/h2-10,12,16-17H,11H2,1H3;1H/t12-,16?;/m0./s1. The fourth-order valence-electron chi connectivity index (χ4n) is 2.90. The number of hydrogen-bond donors (Lipinski definition) is 1. The number of hydrogen-bond acceptors (Lipinski definition) is 0. The quantitative estimate of drug-likeness (QED) is 0.717. The Morgan fingerprint density at radius 3 is 2.39 bits per heavy atom. The molecule has 18 heavy (non-hydrogen) atoms. The van der Waals surface area contributed by atoms with Gasteiger partial charge in [-0.15, -0.1) is 0 Å². The summed E-state index contributed by atoms with van der Waals surface area (Å²) < 4.78 is 0. The molecule has 0 fully saturated rings. The second-order valence-corrected chi connectivity index (χ2v) is 4.89. The van der Waals surface area contributed by atoms with E-state index in [-0.39, 0.29) is 17.0 Å². The third-order valence-electron chi connectivity index (χ3n) is 3.78. The van der Waals surface area contributed by atoms with Crippen LogP contribution in [0.1, 0.15) is 29.5 Å². The third-order valence-corrected chi connectivity index (χ3v) is 3.78. The molecule has 0 spiro atoms. The zero-order chi connectivity index (χ0) is 11.7.